The summed E-state index contributed by atoms with van der Waals surface area (Å²) in [7, 11) is 0. The second kappa shape index (κ2) is 4.52. The Labute approximate surface area is 123 Å². The molecule has 1 aromatic carbocycles. The highest BCUT2D eigenvalue weighted by Crippen LogP contribution is 2.43. The normalized spacial score (nSPS) is 15.0. The SMILES string of the molecule is FC1(F)Oc2ccc(-c3nc[nH]c3-c3ccccn3)cc2O1. The van der Waals surface area contributed by atoms with Crippen LogP contribution in [0.4, 0.5) is 8.78 Å². The summed E-state index contributed by atoms with van der Waals surface area (Å²) in [5.41, 5.74) is 2.63. The molecule has 7 heteroatoms. The number of alkyl halides is 2. The maximum atomic E-state index is 13.1. The van der Waals surface area contributed by atoms with Crippen molar-refractivity contribution in [3.05, 3.63) is 48.9 Å². The fraction of sp³-hybridized carbons (Fsp3) is 0.0667. The van der Waals surface area contributed by atoms with E-state index in [9.17, 15) is 8.78 Å². The summed E-state index contributed by atoms with van der Waals surface area (Å²) in [6.45, 7) is 0. The van der Waals surface area contributed by atoms with Crippen LogP contribution < -0.4 is 9.47 Å². The number of aromatic nitrogens is 3. The van der Waals surface area contributed by atoms with Crippen molar-refractivity contribution < 1.29 is 18.3 Å². The van der Waals surface area contributed by atoms with Gasteiger partial charge < -0.3 is 14.5 Å². The summed E-state index contributed by atoms with van der Waals surface area (Å²) >= 11 is 0. The van der Waals surface area contributed by atoms with Gasteiger partial charge in [-0.2, -0.15) is 0 Å². The largest absolute Gasteiger partial charge is 0.586 e. The van der Waals surface area contributed by atoms with Crippen molar-refractivity contribution in [2.24, 2.45) is 0 Å². The van der Waals surface area contributed by atoms with Gasteiger partial charge in [0, 0.05) is 11.8 Å². The van der Waals surface area contributed by atoms with Gasteiger partial charge in [-0.15, -0.1) is 8.78 Å². The second-order valence-corrected chi connectivity index (χ2v) is 4.67. The monoisotopic (exact) mass is 301 g/mol. The van der Waals surface area contributed by atoms with Gasteiger partial charge in [0.05, 0.1) is 23.4 Å². The van der Waals surface area contributed by atoms with Crippen molar-refractivity contribution in [2.75, 3.05) is 0 Å². The van der Waals surface area contributed by atoms with Gasteiger partial charge in [0.1, 0.15) is 0 Å². The van der Waals surface area contributed by atoms with Crippen molar-refractivity contribution >= 4 is 0 Å². The van der Waals surface area contributed by atoms with Crippen molar-refractivity contribution in [3.8, 4) is 34.1 Å². The van der Waals surface area contributed by atoms with Crippen LogP contribution in [0.1, 0.15) is 0 Å². The first-order valence-electron chi connectivity index (χ1n) is 6.47. The van der Waals surface area contributed by atoms with Crippen molar-refractivity contribution in [2.45, 2.75) is 6.29 Å². The van der Waals surface area contributed by atoms with Gasteiger partial charge in [0.2, 0.25) is 0 Å². The quantitative estimate of drug-likeness (QED) is 0.787. The zero-order chi connectivity index (χ0) is 15.2. The molecule has 0 aliphatic carbocycles. The zero-order valence-corrected chi connectivity index (χ0v) is 11.1. The first-order chi connectivity index (χ1) is 10.6. The van der Waals surface area contributed by atoms with Crippen LogP contribution in [0.3, 0.4) is 0 Å². The average Bonchev–Trinajstić information content (AvgIpc) is 3.09. The minimum absolute atomic E-state index is 0.00340. The molecule has 1 aliphatic heterocycles. The number of nitrogens with one attached hydrogen (secondary N) is 1. The van der Waals surface area contributed by atoms with E-state index in [0.29, 0.717) is 22.6 Å². The summed E-state index contributed by atoms with van der Waals surface area (Å²) in [6, 6.07) is 10.0. The van der Waals surface area contributed by atoms with E-state index in [1.165, 1.54) is 18.5 Å². The number of H-pyrrole nitrogens is 1. The fourth-order valence-electron chi connectivity index (χ4n) is 2.32. The zero-order valence-electron chi connectivity index (χ0n) is 11.1. The molecule has 110 valence electrons. The molecule has 3 heterocycles. The number of hydrogen-bond donors (Lipinski definition) is 1. The van der Waals surface area contributed by atoms with Crippen LogP contribution in [-0.2, 0) is 0 Å². The lowest BCUT2D eigenvalue weighted by atomic mass is 10.1. The third-order valence-electron chi connectivity index (χ3n) is 3.24. The number of ether oxygens (including phenoxy) is 2. The molecule has 1 aliphatic rings. The first-order valence-corrected chi connectivity index (χ1v) is 6.47. The smallest absolute Gasteiger partial charge is 0.395 e. The van der Waals surface area contributed by atoms with E-state index in [1.807, 2.05) is 18.2 Å². The highest BCUT2D eigenvalue weighted by Gasteiger charge is 2.43. The molecule has 0 spiro atoms. The van der Waals surface area contributed by atoms with Gasteiger partial charge in [-0.25, -0.2) is 4.98 Å². The molecule has 5 nitrogen and oxygen atoms in total. The van der Waals surface area contributed by atoms with E-state index < -0.39 is 6.29 Å². The number of nitrogens with zero attached hydrogens (tertiary/aromatic N) is 2. The van der Waals surface area contributed by atoms with E-state index in [1.54, 1.807) is 12.3 Å². The lowest BCUT2D eigenvalue weighted by Crippen LogP contribution is -2.25. The Balaban J connectivity index is 1.78. The van der Waals surface area contributed by atoms with Gasteiger partial charge in [0.15, 0.2) is 11.5 Å². The Bertz CT molecular complexity index is 834. The summed E-state index contributed by atoms with van der Waals surface area (Å²) in [5.74, 6) is -0.0128. The van der Waals surface area contributed by atoms with E-state index >= 15 is 0 Å². The van der Waals surface area contributed by atoms with Crippen LogP contribution in [0, 0.1) is 0 Å². The molecule has 2 aromatic heterocycles. The van der Waals surface area contributed by atoms with Crippen LogP contribution in [0.25, 0.3) is 22.6 Å². The van der Waals surface area contributed by atoms with Crippen LogP contribution in [-0.4, -0.2) is 21.2 Å². The number of fused-ring (bicyclic) bond motifs is 1. The molecule has 0 atom stereocenters. The Morgan fingerprint density at radius 2 is 1.86 bits per heavy atom. The summed E-state index contributed by atoms with van der Waals surface area (Å²) in [6.07, 6.45) is -0.435. The van der Waals surface area contributed by atoms with Crippen molar-refractivity contribution in [3.63, 3.8) is 0 Å². The van der Waals surface area contributed by atoms with Gasteiger partial charge in [-0.3, -0.25) is 4.98 Å². The molecule has 1 N–H and O–H groups in total. The molecule has 0 unspecified atom stereocenters. The maximum Gasteiger partial charge on any atom is 0.586 e. The first kappa shape index (κ1) is 12.8. The number of pyridine rings is 1. The maximum absolute atomic E-state index is 13.1. The summed E-state index contributed by atoms with van der Waals surface area (Å²) in [4.78, 5) is 11.5. The number of halogens is 2. The van der Waals surface area contributed by atoms with Crippen LogP contribution in [0.2, 0.25) is 0 Å². The van der Waals surface area contributed by atoms with Gasteiger partial charge in [-0.1, -0.05) is 6.07 Å². The summed E-state index contributed by atoms with van der Waals surface area (Å²) in [5, 5.41) is 0. The Morgan fingerprint density at radius 1 is 1.00 bits per heavy atom. The lowest BCUT2D eigenvalue weighted by Gasteiger charge is -2.04. The molecule has 3 aromatic rings. The standard InChI is InChI=1S/C15H9F2N3O2/c16-15(17)21-11-5-4-9(7-12(11)22-15)13-14(20-8-19-13)10-3-1-2-6-18-10/h1-8H,(H,19,20). The predicted molar refractivity (Wildman–Crippen MR) is 73.5 cm³/mol. The molecular formula is C15H9F2N3O2. The third kappa shape index (κ3) is 2.07. The minimum Gasteiger partial charge on any atom is -0.395 e. The van der Waals surface area contributed by atoms with Gasteiger partial charge in [-0.05, 0) is 30.3 Å². The molecule has 22 heavy (non-hydrogen) atoms. The molecule has 0 saturated carbocycles. The van der Waals surface area contributed by atoms with Gasteiger partial charge >= 0.3 is 6.29 Å². The Kier molecular flexibility index (Phi) is 2.62. The van der Waals surface area contributed by atoms with Crippen molar-refractivity contribution in [1.29, 1.82) is 0 Å². The topological polar surface area (TPSA) is 60.0 Å². The fourth-order valence-corrected chi connectivity index (χ4v) is 2.32. The predicted octanol–water partition coefficient (Wildman–Crippen LogP) is 3.46. The molecule has 4 rings (SSSR count). The Morgan fingerprint density at radius 3 is 2.68 bits per heavy atom. The number of aromatic amines is 1. The van der Waals surface area contributed by atoms with E-state index in [0.717, 1.165) is 0 Å². The number of rotatable bonds is 2. The molecule has 0 saturated heterocycles. The molecule has 0 radical (unpaired) electrons. The highest BCUT2D eigenvalue weighted by atomic mass is 19.3. The van der Waals surface area contributed by atoms with Crippen LogP contribution in [0.15, 0.2) is 48.9 Å². The minimum atomic E-state index is -3.63. The third-order valence-corrected chi connectivity index (χ3v) is 3.24. The van der Waals surface area contributed by atoms with Crippen LogP contribution in [0.5, 0.6) is 11.5 Å². The van der Waals surface area contributed by atoms with E-state index in [2.05, 4.69) is 24.4 Å². The van der Waals surface area contributed by atoms with Crippen LogP contribution >= 0.6 is 0 Å². The number of benzene rings is 1. The van der Waals surface area contributed by atoms with Gasteiger partial charge in [0.25, 0.3) is 0 Å². The van der Waals surface area contributed by atoms with E-state index in [-0.39, 0.29) is 11.5 Å². The molecular weight excluding hydrogens is 292 g/mol. The molecule has 0 bridgehead atoms. The average molecular weight is 301 g/mol. The second-order valence-electron chi connectivity index (χ2n) is 4.67. The van der Waals surface area contributed by atoms with Crippen molar-refractivity contribution in [1.82, 2.24) is 15.0 Å². The number of hydrogen-bond acceptors (Lipinski definition) is 4. The molecule has 0 amide bonds. The van der Waals surface area contributed by atoms with E-state index in [4.69, 9.17) is 0 Å². The number of imidazole rings is 1. The molecule has 0 fully saturated rings. The Hall–Kier alpha value is -2.96. The summed E-state index contributed by atoms with van der Waals surface area (Å²) < 4.78 is 35.0. The highest BCUT2D eigenvalue weighted by molar-refractivity contribution is 5.77. The lowest BCUT2D eigenvalue weighted by molar-refractivity contribution is -0.286.